The monoisotopic (exact) mass is 296 g/mol. The van der Waals surface area contributed by atoms with E-state index in [1.165, 1.54) is 0 Å². The Morgan fingerprint density at radius 2 is 1.75 bits per heavy atom. The summed E-state index contributed by atoms with van der Waals surface area (Å²) in [5, 5.41) is 10.1. The molecule has 3 aliphatic rings. The molecular formula is C14H16O5S. The largest absolute Gasteiger partial charge is 0.454 e. The Balaban J connectivity index is 1.72. The van der Waals surface area contributed by atoms with Crippen molar-refractivity contribution in [1.82, 2.24) is 0 Å². The fourth-order valence-electron chi connectivity index (χ4n) is 3.67. The van der Waals surface area contributed by atoms with Crippen LogP contribution in [0.5, 0.6) is 11.5 Å². The molecule has 4 rings (SSSR count). The van der Waals surface area contributed by atoms with Crippen molar-refractivity contribution in [1.29, 1.82) is 0 Å². The second kappa shape index (κ2) is 3.89. The molecule has 5 nitrogen and oxygen atoms in total. The van der Waals surface area contributed by atoms with E-state index in [1.54, 1.807) is 12.1 Å². The Morgan fingerprint density at radius 3 is 2.45 bits per heavy atom. The average molecular weight is 296 g/mol. The van der Waals surface area contributed by atoms with Crippen molar-refractivity contribution >= 4 is 9.84 Å². The quantitative estimate of drug-likeness (QED) is 0.846. The summed E-state index contributed by atoms with van der Waals surface area (Å²) in [6.07, 6.45) is 1.90. The van der Waals surface area contributed by atoms with Gasteiger partial charge in [-0.2, -0.15) is 0 Å². The van der Waals surface area contributed by atoms with Crippen LogP contribution in [0.15, 0.2) is 18.2 Å². The number of hydrogen-bond acceptors (Lipinski definition) is 5. The fraction of sp³-hybridized carbons (Fsp3) is 0.571. The van der Waals surface area contributed by atoms with E-state index in [0.717, 1.165) is 5.56 Å². The molecule has 0 amide bonds. The summed E-state index contributed by atoms with van der Waals surface area (Å²) >= 11 is 0. The van der Waals surface area contributed by atoms with Gasteiger partial charge in [0.15, 0.2) is 21.3 Å². The van der Waals surface area contributed by atoms with Crippen LogP contribution in [-0.4, -0.2) is 30.8 Å². The highest BCUT2D eigenvalue weighted by molar-refractivity contribution is 7.93. The molecule has 20 heavy (non-hydrogen) atoms. The van der Waals surface area contributed by atoms with Gasteiger partial charge in [0, 0.05) is 0 Å². The number of fused-ring (bicyclic) bond motifs is 3. The van der Waals surface area contributed by atoms with E-state index in [-0.39, 0.29) is 19.6 Å². The minimum Gasteiger partial charge on any atom is -0.454 e. The second-order valence-corrected chi connectivity index (χ2v) is 8.43. The molecule has 2 bridgehead atoms. The van der Waals surface area contributed by atoms with Crippen molar-refractivity contribution in [2.75, 3.05) is 6.79 Å². The predicted molar refractivity (Wildman–Crippen MR) is 71.4 cm³/mol. The molecule has 3 aliphatic heterocycles. The maximum atomic E-state index is 12.1. The molecule has 0 aromatic heterocycles. The van der Waals surface area contributed by atoms with E-state index < -0.39 is 25.9 Å². The van der Waals surface area contributed by atoms with Gasteiger partial charge in [0.25, 0.3) is 0 Å². The summed E-state index contributed by atoms with van der Waals surface area (Å²) in [5.41, 5.74) is -0.341. The first-order valence-corrected chi connectivity index (χ1v) is 8.45. The fourth-order valence-corrected chi connectivity index (χ4v) is 6.16. The van der Waals surface area contributed by atoms with Crippen molar-refractivity contribution in [2.45, 2.75) is 41.8 Å². The Labute approximate surface area is 117 Å². The number of aliphatic hydroxyl groups is 1. The molecule has 2 fully saturated rings. The number of hydrogen-bond donors (Lipinski definition) is 1. The maximum Gasteiger partial charge on any atom is 0.231 e. The maximum absolute atomic E-state index is 12.1. The molecule has 0 radical (unpaired) electrons. The molecular weight excluding hydrogens is 280 g/mol. The summed E-state index contributed by atoms with van der Waals surface area (Å²) in [6, 6.07) is 5.37. The lowest BCUT2D eigenvalue weighted by Crippen LogP contribution is -2.43. The van der Waals surface area contributed by atoms with Gasteiger partial charge in [-0.05, 0) is 43.4 Å². The summed E-state index contributed by atoms with van der Waals surface area (Å²) in [4.78, 5) is 0. The lowest BCUT2D eigenvalue weighted by Gasteiger charge is -2.36. The van der Waals surface area contributed by atoms with Gasteiger partial charge in [0.1, 0.15) is 0 Å². The topological polar surface area (TPSA) is 72.8 Å². The highest BCUT2D eigenvalue weighted by Gasteiger charge is 2.53. The summed E-state index contributed by atoms with van der Waals surface area (Å²) in [5.74, 6) is 1.29. The third kappa shape index (κ3) is 1.61. The normalized spacial score (nSPS) is 37.0. The lowest BCUT2D eigenvalue weighted by atomic mass is 9.86. The van der Waals surface area contributed by atoms with E-state index >= 15 is 0 Å². The molecule has 1 N–H and O–H groups in total. The van der Waals surface area contributed by atoms with Gasteiger partial charge >= 0.3 is 0 Å². The van der Waals surface area contributed by atoms with E-state index in [0.29, 0.717) is 24.3 Å². The molecule has 2 unspecified atom stereocenters. The molecule has 2 saturated heterocycles. The van der Waals surface area contributed by atoms with Crippen LogP contribution >= 0.6 is 0 Å². The van der Waals surface area contributed by atoms with Crippen molar-refractivity contribution in [3.8, 4) is 11.5 Å². The van der Waals surface area contributed by atoms with E-state index in [9.17, 15) is 13.5 Å². The van der Waals surface area contributed by atoms with Crippen LogP contribution in [0.1, 0.15) is 31.2 Å². The molecule has 3 heterocycles. The molecule has 108 valence electrons. The molecule has 0 saturated carbocycles. The Hall–Kier alpha value is -1.27. The number of sulfone groups is 1. The van der Waals surface area contributed by atoms with Crippen LogP contribution in [0, 0.1) is 0 Å². The van der Waals surface area contributed by atoms with Crippen LogP contribution in [-0.2, 0) is 15.4 Å². The van der Waals surface area contributed by atoms with Crippen molar-refractivity contribution in [3.63, 3.8) is 0 Å². The Morgan fingerprint density at radius 1 is 1.10 bits per heavy atom. The van der Waals surface area contributed by atoms with Crippen molar-refractivity contribution < 1.29 is 23.0 Å². The first kappa shape index (κ1) is 12.5. The summed E-state index contributed by atoms with van der Waals surface area (Å²) < 4.78 is 34.8. The molecule has 6 heteroatoms. The smallest absolute Gasteiger partial charge is 0.231 e. The molecule has 0 spiro atoms. The Kier molecular flexibility index (Phi) is 2.42. The highest BCUT2D eigenvalue weighted by atomic mass is 32.2. The van der Waals surface area contributed by atoms with Crippen LogP contribution in [0.3, 0.4) is 0 Å². The van der Waals surface area contributed by atoms with E-state index in [1.807, 2.05) is 6.07 Å². The van der Waals surface area contributed by atoms with E-state index in [2.05, 4.69) is 0 Å². The van der Waals surface area contributed by atoms with Crippen molar-refractivity contribution in [2.24, 2.45) is 0 Å². The van der Waals surface area contributed by atoms with Gasteiger partial charge in [0.2, 0.25) is 6.79 Å². The Bertz CT molecular complexity index is 646. The van der Waals surface area contributed by atoms with Gasteiger partial charge in [-0.3, -0.25) is 0 Å². The molecule has 1 aromatic rings. The average Bonchev–Trinajstić information content (AvgIpc) is 2.90. The van der Waals surface area contributed by atoms with Crippen LogP contribution in [0.25, 0.3) is 0 Å². The highest BCUT2D eigenvalue weighted by Crippen LogP contribution is 2.48. The van der Waals surface area contributed by atoms with Gasteiger partial charge in [-0.1, -0.05) is 6.07 Å². The molecule has 2 atom stereocenters. The van der Waals surface area contributed by atoms with Gasteiger partial charge in [0.05, 0.1) is 16.1 Å². The van der Waals surface area contributed by atoms with Gasteiger partial charge in [-0.25, -0.2) is 8.42 Å². The lowest BCUT2D eigenvalue weighted by molar-refractivity contribution is 0.0171. The standard InChI is InChI=1S/C14H16O5S/c15-14(6-10-2-3-11(7-14)20(10,16)17)9-1-4-12-13(5-9)19-8-18-12/h1,4-5,10-11,15H,2-3,6-8H2. The molecule has 0 aliphatic carbocycles. The van der Waals surface area contributed by atoms with Gasteiger partial charge < -0.3 is 14.6 Å². The SMILES string of the molecule is O=S1(=O)C2CCC1CC(O)(c1ccc3c(c1)OCO3)C2. The third-order valence-corrected chi connectivity index (χ3v) is 7.44. The number of ether oxygens (including phenoxy) is 2. The van der Waals surface area contributed by atoms with Crippen molar-refractivity contribution in [3.05, 3.63) is 23.8 Å². The minimum atomic E-state index is -3.04. The zero-order chi connectivity index (χ0) is 14.0. The second-order valence-electron chi connectivity index (χ2n) is 5.92. The zero-order valence-corrected chi connectivity index (χ0v) is 11.7. The third-order valence-electron chi connectivity index (χ3n) is 4.78. The summed E-state index contributed by atoms with van der Waals surface area (Å²) in [7, 11) is -3.04. The molecule has 1 aromatic carbocycles. The van der Waals surface area contributed by atoms with Crippen LogP contribution < -0.4 is 9.47 Å². The summed E-state index contributed by atoms with van der Waals surface area (Å²) in [6.45, 7) is 0.191. The predicted octanol–water partition coefficient (Wildman–Crippen LogP) is 1.34. The van der Waals surface area contributed by atoms with Crippen LogP contribution in [0.2, 0.25) is 0 Å². The first-order chi connectivity index (χ1) is 9.49. The van der Waals surface area contributed by atoms with E-state index in [4.69, 9.17) is 9.47 Å². The first-order valence-electron chi connectivity index (χ1n) is 6.84. The number of rotatable bonds is 1. The number of benzene rings is 1. The van der Waals surface area contributed by atoms with Gasteiger partial charge in [-0.15, -0.1) is 0 Å². The van der Waals surface area contributed by atoms with Crippen LogP contribution in [0.4, 0.5) is 0 Å². The minimum absolute atomic E-state index is 0.191. The zero-order valence-electron chi connectivity index (χ0n) is 10.9.